The number of hydrogen-bond donors (Lipinski definition) is 2. The molecule has 0 radical (unpaired) electrons. The number of fused-ring (bicyclic) bond motifs is 1. The Morgan fingerprint density at radius 1 is 0.929 bits per heavy atom. The number of pyridine rings is 1. The molecule has 1 fully saturated rings. The van der Waals surface area contributed by atoms with Crippen LogP contribution in [0.25, 0.3) is 33.4 Å². The molecule has 138 valence electrons. The van der Waals surface area contributed by atoms with E-state index in [0.717, 1.165) is 46.3 Å². The third-order valence-electron chi connectivity index (χ3n) is 4.82. The Labute approximate surface area is 167 Å². The maximum Gasteiger partial charge on any atom is 0.169 e. The quantitative estimate of drug-likeness (QED) is 0.505. The standard InChI is InChI=1S/C22H18ClN5/c23-17-12-15(11-14-7-4-10-25-18(14)17)20-19(13-5-2-1-3-6-13)27-21(24)22(28-20)26-16-8-9-16/h1-7,10-12,16H,8-9H2,(H2,24,27)(H,26,28). The molecule has 2 aromatic carbocycles. The SMILES string of the molecule is Nc1nc(-c2ccccc2)c(-c2cc(Cl)c3ncccc3c2)nc1NC1CC1. The van der Waals surface area contributed by atoms with Gasteiger partial charge in [-0.15, -0.1) is 0 Å². The van der Waals surface area contributed by atoms with Crippen LogP contribution in [0.15, 0.2) is 60.8 Å². The first-order chi connectivity index (χ1) is 13.7. The first-order valence-corrected chi connectivity index (χ1v) is 9.61. The van der Waals surface area contributed by atoms with E-state index in [1.807, 2.05) is 54.6 Å². The van der Waals surface area contributed by atoms with Gasteiger partial charge in [0, 0.05) is 28.8 Å². The smallest absolute Gasteiger partial charge is 0.169 e. The van der Waals surface area contributed by atoms with Gasteiger partial charge in [0.15, 0.2) is 11.6 Å². The average Bonchev–Trinajstić information content (AvgIpc) is 3.54. The Morgan fingerprint density at radius 2 is 1.71 bits per heavy atom. The summed E-state index contributed by atoms with van der Waals surface area (Å²) in [5, 5.41) is 4.92. The maximum absolute atomic E-state index is 6.52. The molecule has 28 heavy (non-hydrogen) atoms. The molecule has 0 aliphatic heterocycles. The lowest BCUT2D eigenvalue weighted by Gasteiger charge is -2.14. The number of hydrogen-bond acceptors (Lipinski definition) is 5. The van der Waals surface area contributed by atoms with Gasteiger partial charge in [-0.05, 0) is 31.0 Å². The van der Waals surface area contributed by atoms with Crippen LogP contribution in [0.4, 0.5) is 11.6 Å². The minimum atomic E-state index is 0.406. The fourth-order valence-corrected chi connectivity index (χ4v) is 3.53. The van der Waals surface area contributed by atoms with Crippen molar-refractivity contribution in [2.75, 3.05) is 11.1 Å². The number of halogens is 1. The van der Waals surface area contributed by atoms with Crippen molar-refractivity contribution in [2.24, 2.45) is 0 Å². The molecule has 1 aliphatic rings. The summed E-state index contributed by atoms with van der Waals surface area (Å²) in [5.74, 6) is 1.03. The number of nitrogens with zero attached hydrogens (tertiary/aromatic N) is 3. The van der Waals surface area contributed by atoms with Crippen molar-refractivity contribution < 1.29 is 0 Å². The van der Waals surface area contributed by atoms with E-state index in [2.05, 4.69) is 10.3 Å². The van der Waals surface area contributed by atoms with E-state index in [1.54, 1.807) is 6.20 Å². The van der Waals surface area contributed by atoms with Crippen molar-refractivity contribution in [3.05, 3.63) is 65.8 Å². The van der Waals surface area contributed by atoms with Crippen LogP contribution in [0.3, 0.4) is 0 Å². The van der Waals surface area contributed by atoms with Crippen molar-refractivity contribution in [3.63, 3.8) is 0 Å². The number of nitrogens with two attached hydrogens (primary N) is 1. The molecule has 0 unspecified atom stereocenters. The highest BCUT2D eigenvalue weighted by Crippen LogP contribution is 2.36. The molecule has 0 atom stereocenters. The average molecular weight is 388 g/mol. The summed E-state index contributed by atoms with van der Waals surface area (Å²) in [6.45, 7) is 0. The van der Waals surface area contributed by atoms with E-state index < -0.39 is 0 Å². The third-order valence-corrected chi connectivity index (χ3v) is 5.11. The Hall–Kier alpha value is -3.18. The van der Waals surface area contributed by atoms with Gasteiger partial charge in [-0.2, -0.15) is 0 Å². The van der Waals surface area contributed by atoms with Crippen molar-refractivity contribution in [3.8, 4) is 22.5 Å². The Morgan fingerprint density at radius 3 is 2.50 bits per heavy atom. The number of anilines is 2. The van der Waals surface area contributed by atoms with Gasteiger partial charge in [-0.3, -0.25) is 4.98 Å². The van der Waals surface area contributed by atoms with Gasteiger partial charge in [0.1, 0.15) is 0 Å². The molecule has 2 heterocycles. The lowest BCUT2D eigenvalue weighted by atomic mass is 10.0. The van der Waals surface area contributed by atoms with Gasteiger partial charge in [-0.1, -0.05) is 48.0 Å². The predicted molar refractivity (Wildman–Crippen MR) is 114 cm³/mol. The number of benzene rings is 2. The Kier molecular flexibility index (Phi) is 4.10. The monoisotopic (exact) mass is 387 g/mol. The summed E-state index contributed by atoms with van der Waals surface area (Å²) in [6, 6.07) is 18.2. The summed E-state index contributed by atoms with van der Waals surface area (Å²) in [7, 11) is 0. The van der Waals surface area contributed by atoms with Crippen molar-refractivity contribution in [2.45, 2.75) is 18.9 Å². The highest BCUT2D eigenvalue weighted by Gasteiger charge is 2.24. The second-order valence-electron chi connectivity index (χ2n) is 6.97. The topological polar surface area (TPSA) is 76.7 Å². The first kappa shape index (κ1) is 17.0. The molecule has 1 saturated carbocycles. The summed E-state index contributed by atoms with van der Waals surface area (Å²) >= 11 is 6.52. The second kappa shape index (κ2) is 6.77. The molecule has 0 saturated heterocycles. The second-order valence-corrected chi connectivity index (χ2v) is 7.38. The van der Waals surface area contributed by atoms with Gasteiger partial charge in [-0.25, -0.2) is 9.97 Å². The van der Waals surface area contributed by atoms with Crippen LogP contribution in [0.2, 0.25) is 5.02 Å². The van der Waals surface area contributed by atoms with E-state index >= 15 is 0 Å². The summed E-state index contributed by atoms with van der Waals surface area (Å²) in [5.41, 5.74) is 10.3. The molecule has 4 aromatic rings. The summed E-state index contributed by atoms with van der Waals surface area (Å²) in [4.78, 5) is 13.9. The van der Waals surface area contributed by atoms with E-state index in [1.165, 1.54) is 0 Å². The van der Waals surface area contributed by atoms with Crippen molar-refractivity contribution in [1.29, 1.82) is 0 Å². The number of nitrogens with one attached hydrogen (secondary N) is 1. The van der Waals surface area contributed by atoms with E-state index in [9.17, 15) is 0 Å². The number of nitrogen functional groups attached to an aromatic ring is 1. The fourth-order valence-electron chi connectivity index (χ4n) is 3.26. The fraction of sp³-hybridized carbons (Fsp3) is 0.136. The molecule has 5 nitrogen and oxygen atoms in total. The summed E-state index contributed by atoms with van der Waals surface area (Å²) in [6.07, 6.45) is 4.00. The van der Waals surface area contributed by atoms with Crippen molar-refractivity contribution in [1.82, 2.24) is 15.0 Å². The minimum Gasteiger partial charge on any atom is -0.381 e. The van der Waals surface area contributed by atoms with Crippen LogP contribution in [0, 0.1) is 0 Å². The molecule has 2 aromatic heterocycles. The minimum absolute atomic E-state index is 0.406. The van der Waals surface area contributed by atoms with Crippen LogP contribution in [0.1, 0.15) is 12.8 Å². The lowest BCUT2D eigenvalue weighted by Crippen LogP contribution is -2.10. The molecular formula is C22H18ClN5. The van der Waals surface area contributed by atoms with Gasteiger partial charge < -0.3 is 11.1 Å². The zero-order chi connectivity index (χ0) is 19.1. The lowest BCUT2D eigenvalue weighted by molar-refractivity contribution is 1.10. The van der Waals surface area contributed by atoms with E-state index in [0.29, 0.717) is 22.7 Å². The molecular weight excluding hydrogens is 370 g/mol. The highest BCUT2D eigenvalue weighted by atomic mass is 35.5. The first-order valence-electron chi connectivity index (χ1n) is 9.23. The molecule has 3 N–H and O–H groups in total. The number of rotatable bonds is 4. The van der Waals surface area contributed by atoms with Crippen LogP contribution < -0.4 is 11.1 Å². The zero-order valence-corrected chi connectivity index (χ0v) is 15.8. The van der Waals surface area contributed by atoms with Gasteiger partial charge in [0.05, 0.1) is 21.9 Å². The summed E-state index contributed by atoms with van der Waals surface area (Å²) < 4.78 is 0. The molecule has 1 aliphatic carbocycles. The normalized spacial score (nSPS) is 13.6. The predicted octanol–water partition coefficient (Wildman–Crippen LogP) is 5.17. The number of aromatic nitrogens is 3. The van der Waals surface area contributed by atoms with Crippen LogP contribution in [0.5, 0.6) is 0 Å². The van der Waals surface area contributed by atoms with Crippen LogP contribution in [-0.2, 0) is 0 Å². The van der Waals surface area contributed by atoms with E-state index in [4.69, 9.17) is 27.3 Å². The van der Waals surface area contributed by atoms with Gasteiger partial charge in [0.25, 0.3) is 0 Å². The van der Waals surface area contributed by atoms with Crippen molar-refractivity contribution >= 4 is 34.1 Å². The van der Waals surface area contributed by atoms with E-state index in [-0.39, 0.29) is 0 Å². The molecule has 6 heteroatoms. The third kappa shape index (κ3) is 3.14. The van der Waals surface area contributed by atoms with Crippen LogP contribution >= 0.6 is 11.6 Å². The molecule has 5 rings (SSSR count). The largest absolute Gasteiger partial charge is 0.381 e. The van der Waals surface area contributed by atoms with Crippen LogP contribution in [-0.4, -0.2) is 21.0 Å². The van der Waals surface area contributed by atoms with Gasteiger partial charge >= 0.3 is 0 Å². The Balaban J connectivity index is 1.74. The maximum atomic E-state index is 6.52. The van der Waals surface area contributed by atoms with Gasteiger partial charge in [0.2, 0.25) is 0 Å². The molecule has 0 spiro atoms. The molecule has 0 bridgehead atoms. The zero-order valence-electron chi connectivity index (χ0n) is 15.1. The molecule has 0 amide bonds. The highest BCUT2D eigenvalue weighted by molar-refractivity contribution is 6.35. The Bertz CT molecular complexity index is 1170.